The summed E-state index contributed by atoms with van der Waals surface area (Å²) in [4.78, 5) is 32.0. The van der Waals surface area contributed by atoms with Crippen LogP contribution in [0.15, 0.2) is 92.3 Å². The normalized spacial score (nSPS) is 14.9. The van der Waals surface area contributed by atoms with Gasteiger partial charge in [-0.2, -0.15) is 0 Å². The largest absolute Gasteiger partial charge is 0.496 e. The van der Waals surface area contributed by atoms with E-state index < -0.39 is 12.0 Å². The minimum atomic E-state index is -0.844. The quantitative estimate of drug-likeness (QED) is 0.253. The van der Waals surface area contributed by atoms with Crippen molar-refractivity contribution in [3.63, 3.8) is 0 Å². The van der Waals surface area contributed by atoms with E-state index in [-0.39, 0.29) is 11.1 Å². The molecule has 2 heterocycles. The highest BCUT2D eigenvalue weighted by atomic mass is 79.9. The highest BCUT2D eigenvalue weighted by Crippen LogP contribution is 2.37. The Hall–Kier alpha value is -3.66. The molecule has 1 aliphatic rings. The predicted octanol–water partition coefficient (Wildman–Crippen LogP) is 5.41. The summed E-state index contributed by atoms with van der Waals surface area (Å²) in [6, 6.07) is 19.6. The summed E-state index contributed by atoms with van der Waals surface area (Å²) in [5.74, 6) is 0.525. The van der Waals surface area contributed by atoms with Crippen molar-refractivity contribution in [2.24, 2.45) is 4.99 Å². The number of carbonyl (C=O) groups is 1. The Balaban J connectivity index is 1.63. The Kier molecular flexibility index (Phi) is 8.25. The Morgan fingerprint density at radius 1 is 1.10 bits per heavy atom. The molecule has 0 saturated carbocycles. The lowest BCUT2D eigenvalue weighted by molar-refractivity contribution is -0.136. The van der Waals surface area contributed by atoms with Crippen molar-refractivity contribution in [1.82, 2.24) is 4.57 Å². The molecule has 0 amide bonds. The summed E-state index contributed by atoms with van der Waals surface area (Å²) >= 11 is 11.0. The van der Waals surface area contributed by atoms with E-state index in [1.807, 2.05) is 48.5 Å². The molecule has 1 aliphatic heterocycles. The number of fused-ring (bicyclic) bond motifs is 1. The van der Waals surface area contributed by atoms with Crippen LogP contribution in [0.4, 0.5) is 0 Å². The monoisotopic (exact) mass is 638 g/mol. The minimum absolute atomic E-state index is 0.236. The van der Waals surface area contributed by atoms with Gasteiger partial charge in [-0.25, -0.2) is 9.79 Å². The molecule has 0 N–H and O–H groups in total. The van der Waals surface area contributed by atoms with Crippen LogP contribution in [0.1, 0.15) is 29.7 Å². The zero-order valence-electron chi connectivity index (χ0n) is 21.8. The second-order valence-electron chi connectivity index (χ2n) is 8.91. The van der Waals surface area contributed by atoms with Gasteiger partial charge < -0.3 is 14.2 Å². The summed E-state index contributed by atoms with van der Waals surface area (Å²) in [5, 5.41) is 0.439. The molecule has 0 aliphatic carbocycles. The fraction of sp³-hybridized carbons (Fsp3) is 0.167. The predicted molar refractivity (Wildman–Crippen MR) is 159 cm³/mol. The number of hydrogen-bond donors (Lipinski definition) is 0. The zero-order valence-corrected chi connectivity index (χ0v) is 25.0. The molecule has 1 aromatic heterocycles. The van der Waals surface area contributed by atoms with Gasteiger partial charge >= 0.3 is 5.97 Å². The number of methoxy groups -OCH3 is 2. The van der Waals surface area contributed by atoms with E-state index in [1.54, 1.807) is 31.2 Å². The van der Waals surface area contributed by atoms with Gasteiger partial charge in [0.05, 0.1) is 30.0 Å². The maximum Gasteiger partial charge on any atom is 0.338 e. The lowest BCUT2D eigenvalue weighted by Gasteiger charge is -2.25. The molecule has 0 unspecified atom stereocenters. The number of aromatic nitrogens is 1. The van der Waals surface area contributed by atoms with Crippen LogP contribution >= 0.6 is 38.9 Å². The fourth-order valence-corrected chi connectivity index (χ4v) is 6.00. The molecule has 5 rings (SSSR count). The number of para-hydroxylation sites is 1. The van der Waals surface area contributed by atoms with Crippen LogP contribution in [-0.4, -0.2) is 24.8 Å². The van der Waals surface area contributed by atoms with Crippen LogP contribution in [-0.2, 0) is 16.1 Å². The molecule has 1 atom stereocenters. The number of ether oxygens (including phenoxy) is 3. The van der Waals surface area contributed by atoms with Crippen LogP contribution in [0.2, 0.25) is 5.02 Å². The average Bonchev–Trinajstić information content (AvgIpc) is 3.26. The molecule has 0 fully saturated rings. The van der Waals surface area contributed by atoms with Crippen LogP contribution in [0.25, 0.3) is 6.08 Å². The molecule has 204 valence electrons. The molecule has 40 heavy (non-hydrogen) atoms. The van der Waals surface area contributed by atoms with Crippen LogP contribution < -0.4 is 24.4 Å². The number of esters is 1. The molecule has 4 aromatic rings. The SMILES string of the molecule is COC(=O)C1=C(C)N=c2s/c(=C\c3ccccc3OCc3ccc(Br)cc3)c(=O)n2[C@@H]1c1cc(Cl)ccc1OC. The molecule has 7 nitrogen and oxygen atoms in total. The highest BCUT2D eigenvalue weighted by molar-refractivity contribution is 9.10. The van der Waals surface area contributed by atoms with Gasteiger partial charge in [-0.1, -0.05) is 69.2 Å². The third-order valence-corrected chi connectivity index (χ3v) is 8.17. The van der Waals surface area contributed by atoms with E-state index in [1.165, 1.54) is 30.1 Å². The van der Waals surface area contributed by atoms with Crippen molar-refractivity contribution in [1.29, 1.82) is 0 Å². The molecular formula is C30H24BrClN2O5S. The Labute approximate surface area is 247 Å². The number of nitrogens with zero attached hydrogens (tertiary/aromatic N) is 2. The van der Waals surface area contributed by atoms with Crippen LogP contribution in [0.5, 0.6) is 11.5 Å². The van der Waals surface area contributed by atoms with Crippen molar-refractivity contribution in [3.05, 3.63) is 124 Å². The van der Waals surface area contributed by atoms with E-state index in [0.717, 1.165) is 15.6 Å². The fourth-order valence-electron chi connectivity index (χ4n) is 4.52. The number of thiazole rings is 1. The smallest absolute Gasteiger partial charge is 0.338 e. The Morgan fingerprint density at radius 2 is 1.85 bits per heavy atom. The number of allylic oxidation sites excluding steroid dienone is 1. The van der Waals surface area contributed by atoms with Gasteiger partial charge in [-0.05, 0) is 55.0 Å². The third-order valence-electron chi connectivity index (χ3n) is 6.43. The summed E-state index contributed by atoms with van der Waals surface area (Å²) in [7, 11) is 2.82. The summed E-state index contributed by atoms with van der Waals surface area (Å²) in [6.45, 7) is 2.09. The van der Waals surface area contributed by atoms with E-state index in [9.17, 15) is 9.59 Å². The van der Waals surface area contributed by atoms with Gasteiger partial charge in [0, 0.05) is 20.6 Å². The van der Waals surface area contributed by atoms with Gasteiger partial charge in [0.15, 0.2) is 4.80 Å². The average molecular weight is 640 g/mol. The molecule has 0 radical (unpaired) electrons. The lowest BCUT2D eigenvalue weighted by Crippen LogP contribution is -2.40. The first-order chi connectivity index (χ1) is 19.3. The molecular weight excluding hydrogens is 616 g/mol. The molecule has 10 heteroatoms. The minimum Gasteiger partial charge on any atom is -0.496 e. The number of halogens is 2. The van der Waals surface area contributed by atoms with Crippen molar-refractivity contribution in [2.45, 2.75) is 19.6 Å². The molecule has 0 saturated heterocycles. The molecule has 3 aromatic carbocycles. The summed E-state index contributed by atoms with van der Waals surface area (Å²) in [6.07, 6.45) is 1.78. The summed E-state index contributed by atoms with van der Waals surface area (Å²) < 4.78 is 19.7. The van der Waals surface area contributed by atoms with Crippen LogP contribution in [0, 0.1) is 0 Å². The first kappa shape index (κ1) is 27.9. The Bertz CT molecular complexity index is 1810. The van der Waals surface area contributed by atoms with Crippen molar-refractivity contribution >= 4 is 50.9 Å². The van der Waals surface area contributed by atoms with E-state index in [4.69, 9.17) is 25.8 Å². The van der Waals surface area contributed by atoms with Gasteiger partial charge in [-0.15, -0.1) is 0 Å². The first-order valence-electron chi connectivity index (χ1n) is 12.2. The maximum atomic E-state index is 14.0. The topological polar surface area (TPSA) is 79.1 Å². The molecule has 0 spiro atoms. The van der Waals surface area contributed by atoms with Crippen molar-refractivity contribution in [2.75, 3.05) is 14.2 Å². The van der Waals surface area contributed by atoms with Gasteiger partial charge in [-0.3, -0.25) is 9.36 Å². The van der Waals surface area contributed by atoms with Gasteiger partial charge in [0.2, 0.25) is 0 Å². The van der Waals surface area contributed by atoms with Crippen molar-refractivity contribution < 1.29 is 19.0 Å². The standard InChI is InChI=1S/C30H24BrClN2O5S/c1-17-26(29(36)38-3)27(22-15-21(32)12-13-24(22)37-2)34-28(35)25(40-30(34)33-17)14-19-6-4-5-7-23(19)39-16-18-8-10-20(31)11-9-18/h4-15,27H,16H2,1-3H3/b25-14-/t27-/m1/s1. The summed E-state index contributed by atoms with van der Waals surface area (Å²) in [5.41, 5.74) is 2.68. The Morgan fingerprint density at radius 3 is 2.58 bits per heavy atom. The first-order valence-corrected chi connectivity index (χ1v) is 14.2. The number of rotatable bonds is 7. The third kappa shape index (κ3) is 5.50. The number of hydrogen-bond acceptors (Lipinski definition) is 7. The van der Waals surface area contributed by atoms with E-state index in [2.05, 4.69) is 20.9 Å². The second-order valence-corrected chi connectivity index (χ2v) is 11.3. The number of benzene rings is 3. The zero-order chi connectivity index (χ0) is 28.4. The van der Waals surface area contributed by atoms with E-state index in [0.29, 0.717) is 43.7 Å². The van der Waals surface area contributed by atoms with Crippen LogP contribution in [0.3, 0.4) is 0 Å². The van der Waals surface area contributed by atoms with Gasteiger partial charge in [0.25, 0.3) is 5.56 Å². The molecule has 0 bridgehead atoms. The second kappa shape index (κ2) is 11.8. The lowest BCUT2D eigenvalue weighted by atomic mass is 9.95. The number of carbonyl (C=O) groups excluding carboxylic acids is 1. The van der Waals surface area contributed by atoms with Crippen molar-refractivity contribution in [3.8, 4) is 11.5 Å². The highest BCUT2D eigenvalue weighted by Gasteiger charge is 2.35. The van der Waals surface area contributed by atoms with E-state index >= 15 is 0 Å². The van der Waals surface area contributed by atoms with Gasteiger partial charge in [0.1, 0.15) is 24.1 Å². The maximum absolute atomic E-state index is 14.0.